The molecule has 0 saturated heterocycles. The number of non-ortho nitro benzene ring substituents is 1. The number of nitrogens with zero attached hydrogens (tertiary/aromatic N) is 6. The molecular formula is C33H32N7O3S+. The van der Waals surface area contributed by atoms with Crippen molar-refractivity contribution in [1.29, 1.82) is 0 Å². The fraction of sp³-hybridized carbons (Fsp3) is 0.152. The second kappa shape index (κ2) is 12.9. The van der Waals surface area contributed by atoms with Gasteiger partial charge in [-0.3, -0.25) is 14.9 Å². The van der Waals surface area contributed by atoms with Crippen LogP contribution in [0.3, 0.4) is 0 Å². The number of thiazole rings is 1. The van der Waals surface area contributed by atoms with E-state index < -0.39 is 4.92 Å². The first kappa shape index (κ1) is 30.2. The summed E-state index contributed by atoms with van der Waals surface area (Å²) in [6.45, 7) is 2.11. The van der Waals surface area contributed by atoms with Gasteiger partial charge in [0, 0.05) is 23.3 Å². The van der Waals surface area contributed by atoms with Crippen molar-refractivity contribution in [1.82, 2.24) is 20.2 Å². The monoisotopic (exact) mass is 606 g/mol. The van der Waals surface area contributed by atoms with Crippen LogP contribution >= 0.6 is 11.3 Å². The molecule has 5 aromatic rings. The van der Waals surface area contributed by atoms with Crippen LogP contribution in [0.5, 0.6) is 0 Å². The third kappa shape index (κ3) is 7.38. The van der Waals surface area contributed by atoms with Crippen LogP contribution in [0.2, 0.25) is 0 Å². The summed E-state index contributed by atoms with van der Waals surface area (Å²) >= 11 is 1.39. The molecule has 222 valence electrons. The standard InChI is InChI=1S/C33H31N7O3S/c1-23-32(28(35-36-31(41)22-40(2,3)4)19-18-24-12-11-17-27(20-24)39(42)43)44-33(34-23)38-30(26-15-9-6-10-16-26)21-29(37-38)25-13-7-5-8-14-25/h5-21H,22H2,1-4H3/p+1/b19-18+,35-28-. The molecular weight excluding hydrogens is 574 g/mol. The molecule has 3 aromatic carbocycles. The van der Waals surface area contributed by atoms with Crippen molar-refractivity contribution in [2.75, 3.05) is 27.7 Å². The number of aryl methyl sites for hydroxylation is 1. The van der Waals surface area contributed by atoms with Gasteiger partial charge in [0.2, 0.25) is 5.13 Å². The molecule has 0 radical (unpaired) electrons. The first-order valence-corrected chi connectivity index (χ1v) is 14.7. The highest BCUT2D eigenvalue weighted by Crippen LogP contribution is 2.31. The number of hydrogen-bond acceptors (Lipinski definition) is 7. The molecule has 5 rings (SSSR count). The zero-order valence-corrected chi connectivity index (χ0v) is 25.7. The maximum Gasteiger partial charge on any atom is 0.295 e. The van der Waals surface area contributed by atoms with E-state index in [1.165, 1.54) is 23.5 Å². The smallest absolute Gasteiger partial charge is 0.295 e. The van der Waals surface area contributed by atoms with E-state index in [2.05, 4.69) is 10.5 Å². The lowest BCUT2D eigenvalue weighted by Crippen LogP contribution is -2.43. The maximum absolute atomic E-state index is 12.7. The predicted molar refractivity (Wildman–Crippen MR) is 175 cm³/mol. The molecule has 0 spiro atoms. The number of hydrazone groups is 1. The minimum absolute atomic E-state index is 0.0144. The Morgan fingerprint density at radius 2 is 1.68 bits per heavy atom. The molecule has 0 bridgehead atoms. The third-order valence-corrected chi connectivity index (χ3v) is 7.64. The van der Waals surface area contributed by atoms with Crippen LogP contribution in [0, 0.1) is 17.0 Å². The number of nitro benzene ring substituents is 1. The average Bonchev–Trinajstić information content (AvgIpc) is 3.61. The zero-order chi connectivity index (χ0) is 31.3. The van der Waals surface area contributed by atoms with Crippen LogP contribution in [0.1, 0.15) is 16.1 Å². The quantitative estimate of drug-likeness (QED) is 0.0890. The number of amides is 1. The van der Waals surface area contributed by atoms with Gasteiger partial charge in [0.25, 0.3) is 11.6 Å². The number of likely N-dealkylation sites (N-methyl/N-ethyl adjacent to an activating group) is 1. The van der Waals surface area contributed by atoms with E-state index in [1.54, 1.807) is 24.3 Å². The van der Waals surface area contributed by atoms with Gasteiger partial charge in [-0.15, -0.1) is 0 Å². The number of benzene rings is 3. The van der Waals surface area contributed by atoms with Crippen LogP contribution in [-0.2, 0) is 4.79 Å². The molecule has 2 aromatic heterocycles. The van der Waals surface area contributed by atoms with Gasteiger partial charge in [0.05, 0.1) is 48.0 Å². The maximum atomic E-state index is 12.7. The van der Waals surface area contributed by atoms with Crippen LogP contribution in [0.4, 0.5) is 5.69 Å². The van der Waals surface area contributed by atoms with E-state index in [9.17, 15) is 14.9 Å². The summed E-state index contributed by atoms with van der Waals surface area (Å²) in [6.07, 6.45) is 3.46. The first-order valence-electron chi connectivity index (χ1n) is 13.9. The second-order valence-corrected chi connectivity index (χ2v) is 12.1. The fourth-order valence-electron chi connectivity index (χ4n) is 4.47. The van der Waals surface area contributed by atoms with E-state index in [1.807, 2.05) is 99.5 Å². The summed E-state index contributed by atoms with van der Waals surface area (Å²) in [5.74, 6) is -0.243. The Bertz CT molecular complexity index is 1850. The molecule has 1 N–H and O–H groups in total. The number of rotatable bonds is 10. The van der Waals surface area contributed by atoms with Gasteiger partial charge in [-0.2, -0.15) is 10.2 Å². The van der Waals surface area contributed by atoms with E-state index in [0.717, 1.165) is 27.4 Å². The first-order chi connectivity index (χ1) is 21.1. The highest BCUT2D eigenvalue weighted by Gasteiger charge is 2.20. The number of allylic oxidation sites excluding steroid dienone is 1. The molecule has 0 aliphatic rings. The zero-order valence-electron chi connectivity index (χ0n) is 24.8. The van der Waals surface area contributed by atoms with Crippen molar-refractivity contribution in [3.63, 3.8) is 0 Å². The second-order valence-electron chi connectivity index (χ2n) is 11.1. The highest BCUT2D eigenvalue weighted by atomic mass is 32.1. The van der Waals surface area contributed by atoms with E-state index in [4.69, 9.17) is 10.1 Å². The number of carbonyl (C=O) groups is 1. The van der Waals surface area contributed by atoms with E-state index >= 15 is 0 Å². The fourth-order valence-corrected chi connectivity index (χ4v) is 5.47. The van der Waals surface area contributed by atoms with Crippen molar-refractivity contribution >= 4 is 34.7 Å². The van der Waals surface area contributed by atoms with Crippen molar-refractivity contribution < 1.29 is 14.2 Å². The summed E-state index contributed by atoms with van der Waals surface area (Å²) in [4.78, 5) is 29.1. The van der Waals surface area contributed by atoms with Crippen LogP contribution in [-0.4, -0.2) is 63.5 Å². The van der Waals surface area contributed by atoms with Gasteiger partial charge in [0.1, 0.15) is 5.71 Å². The Balaban J connectivity index is 1.57. The minimum atomic E-state index is -0.435. The predicted octanol–water partition coefficient (Wildman–Crippen LogP) is 6.12. The largest absolute Gasteiger partial charge is 0.323 e. The summed E-state index contributed by atoms with van der Waals surface area (Å²) in [7, 11) is 5.76. The van der Waals surface area contributed by atoms with Gasteiger partial charge in [-0.05, 0) is 24.6 Å². The molecule has 11 heteroatoms. The number of quaternary nitrogens is 1. The summed E-state index contributed by atoms with van der Waals surface area (Å²) in [6, 6.07) is 28.3. The summed E-state index contributed by atoms with van der Waals surface area (Å²) in [5.41, 5.74) is 8.11. The van der Waals surface area contributed by atoms with Gasteiger partial charge in [-0.1, -0.05) is 90.2 Å². The topological polar surface area (TPSA) is 115 Å². The minimum Gasteiger partial charge on any atom is -0.323 e. The molecule has 0 aliphatic heterocycles. The van der Waals surface area contributed by atoms with Gasteiger partial charge < -0.3 is 4.48 Å². The van der Waals surface area contributed by atoms with Gasteiger partial charge >= 0.3 is 0 Å². The Morgan fingerprint density at radius 3 is 2.34 bits per heavy atom. The summed E-state index contributed by atoms with van der Waals surface area (Å²) in [5, 5.41) is 21.4. The van der Waals surface area contributed by atoms with Crippen LogP contribution in [0.15, 0.2) is 102 Å². The number of carbonyl (C=O) groups excluding carboxylic acids is 1. The Labute approximate surface area is 259 Å². The van der Waals surface area contributed by atoms with Crippen LogP contribution < -0.4 is 5.43 Å². The molecule has 0 saturated carbocycles. The van der Waals surface area contributed by atoms with E-state index in [-0.39, 0.29) is 18.1 Å². The molecule has 1 amide bonds. The SMILES string of the molecule is Cc1nc(-n2nc(-c3ccccc3)cc2-c2ccccc2)sc1C(/C=C/c1cccc([N+](=O)[O-])c1)=N\NC(=O)C[N+](C)(C)C. The Kier molecular flexibility index (Phi) is 8.88. The lowest BCUT2D eigenvalue weighted by molar-refractivity contribution is -0.862. The lowest BCUT2D eigenvalue weighted by Gasteiger charge is -2.22. The number of nitro groups is 1. The number of hydrogen-bond donors (Lipinski definition) is 1. The van der Waals surface area contributed by atoms with Crippen molar-refractivity contribution in [3.05, 3.63) is 123 Å². The summed E-state index contributed by atoms with van der Waals surface area (Å²) < 4.78 is 2.27. The number of aromatic nitrogens is 3. The van der Waals surface area contributed by atoms with Crippen molar-refractivity contribution in [2.45, 2.75) is 6.92 Å². The van der Waals surface area contributed by atoms with Crippen LogP contribution in [0.25, 0.3) is 33.7 Å². The average molecular weight is 607 g/mol. The Hall–Kier alpha value is -5.26. The molecule has 0 fully saturated rings. The third-order valence-electron chi connectivity index (χ3n) is 6.48. The Morgan fingerprint density at radius 1 is 1.00 bits per heavy atom. The molecule has 44 heavy (non-hydrogen) atoms. The van der Waals surface area contributed by atoms with Crippen molar-refractivity contribution in [3.8, 4) is 27.6 Å². The van der Waals surface area contributed by atoms with Gasteiger partial charge in [0.15, 0.2) is 6.54 Å². The van der Waals surface area contributed by atoms with Crippen molar-refractivity contribution in [2.24, 2.45) is 5.10 Å². The van der Waals surface area contributed by atoms with E-state index in [0.29, 0.717) is 26.6 Å². The molecule has 2 heterocycles. The normalized spacial score (nSPS) is 12.0. The molecule has 0 atom stereocenters. The molecule has 0 aliphatic carbocycles. The molecule has 0 unspecified atom stereocenters. The van der Waals surface area contributed by atoms with Gasteiger partial charge in [-0.25, -0.2) is 15.1 Å². The number of nitrogens with one attached hydrogen (secondary N) is 1. The highest BCUT2D eigenvalue weighted by molar-refractivity contribution is 7.16. The lowest BCUT2D eigenvalue weighted by atomic mass is 10.1. The molecule has 10 nitrogen and oxygen atoms in total.